The van der Waals surface area contributed by atoms with E-state index < -0.39 is 5.79 Å². The predicted octanol–water partition coefficient (Wildman–Crippen LogP) is 4.18. The van der Waals surface area contributed by atoms with Crippen LogP contribution in [0.25, 0.3) is 0 Å². The van der Waals surface area contributed by atoms with Crippen LogP contribution in [0.1, 0.15) is 52.9 Å². The van der Waals surface area contributed by atoms with Crippen molar-refractivity contribution in [1.29, 1.82) is 0 Å². The molecule has 0 bridgehead atoms. The zero-order valence-corrected chi connectivity index (χ0v) is 11.3. The lowest BCUT2D eigenvalue weighted by Crippen LogP contribution is -2.54. The lowest BCUT2D eigenvalue weighted by Gasteiger charge is -2.50. The minimum absolute atomic E-state index is 0.0641. The lowest BCUT2D eigenvalue weighted by molar-refractivity contribution is -0.430. The van der Waals surface area contributed by atoms with Crippen molar-refractivity contribution in [3.05, 3.63) is 24.3 Å². The maximum atomic E-state index is 5.92. The van der Waals surface area contributed by atoms with E-state index in [0.29, 0.717) is 5.41 Å². The van der Waals surface area contributed by atoms with Crippen LogP contribution in [0.2, 0.25) is 0 Å². The van der Waals surface area contributed by atoms with Gasteiger partial charge in [0.2, 0.25) is 0 Å². The minimum atomic E-state index is -0.439. The molecule has 2 rings (SSSR count). The van der Waals surface area contributed by atoms with Gasteiger partial charge in [-0.1, -0.05) is 26.0 Å². The van der Waals surface area contributed by atoms with Gasteiger partial charge in [-0.3, -0.25) is 0 Å². The molecular weight excluding hydrogens is 212 g/mol. The Morgan fingerprint density at radius 3 is 2.71 bits per heavy atom. The molecule has 0 aromatic rings. The van der Waals surface area contributed by atoms with Crippen LogP contribution in [-0.4, -0.2) is 12.1 Å². The van der Waals surface area contributed by atoms with E-state index in [4.69, 9.17) is 9.47 Å². The number of hydrogen-bond acceptors (Lipinski definition) is 2. The molecule has 0 saturated carbocycles. The summed E-state index contributed by atoms with van der Waals surface area (Å²) in [6, 6.07) is 0. The van der Waals surface area contributed by atoms with Crippen molar-refractivity contribution in [2.75, 3.05) is 0 Å². The second-order valence-corrected chi connectivity index (χ2v) is 5.99. The first-order chi connectivity index (χ1) is 7.97. The summed E-state index contributed by atoms with van der Waals surface area (Å²) in [7, 11) is 0. The van der Waals surface area contributed by atoms with Gasteiger partial charge in [-0.15, -0.1) is 6.58 Å². The van der Waals surface area contributed by atoms with Crippen LogP contribution < -0.4 is 0 Å². The summed E-state index contributed by atoms with van der Waals surface area (Å²) < 4.78 is 11.8. The second kappa shape index (κ2) is 4.58. The Morgan fingerprint density at radius 2 is 2.18 bits per heavy atom. The molecule has 1 heterocycles. The second-order valence-electron chi connectivity index (χ2n) is 5.99. The van der Waals surface area contributed by atoms with E-state index in [9.17, 15) is 0 Å². The molecule has 1 saturated heterocycles. The molecule has 96 valence electrons. The van der Waals surface area contributed by atoms with Gasteiger partial charge < -0.3 is 9.47 Å². The van der Waals surface area contributed by atoms with Gasteiger partial charge in [-0.05, 0) is 43.6 Å². The normalized spacial score (nSPS) is 35.9. The Balaban J connectivity index is 2.11. The first-order valence-electron chi connectivity index (χ1n) is 6.63. The van der Waals surface area contributed by atoms with Crippen molar-refractivity contribution in [3.63, 3.8) is 0 Å². The molecule has 2 nitrogen and oxygen atoms in total. The minimum Gasteiger partial charge on any atom is -0.317 e. The molecule has 2 heteroatoms. The molecule has 1 fully saturated rings. The number of allylic oxidation sites excluding steroid dienone is 2. The van der Waals surface area contributed by atoms with E-state index in [1.807, 2.05) is 13.0 Å². The highest BCUT2D eigenvalue weighted by molar-refractivity contribution is 5.20. The Labute approximate surface area is 105 Å². The van der Waals surface area contributed by atoms with E-state index in [1.54, 1.807) is 0 Å². The van der Waals surface area contributed by atoms with E-state index >= 15 is 0 Å². The van der Waals surface area contributed by atoms with Gasteiger partial charge in [0.1, 0.15) is 0 Å². The SMILES string of the molecule is C=CCCC1(C2=CCCC(C)(C)C2)OC(C)O1. The Morgan fingerprint density at radius 1 is 1.47 bits per heavy atom. The van der Waals surface area contributed by atoms with Crippen LogP contribution in [0.4, 0.5) is 0 Å². The predicted molar refractivity (Wildman–Crippen MR) is 69.5 cm³/mol. The Kier molecular flexibility index (Phi) is 3.46. The average Bonchev–Trinajstić information content (AvgIpc) is 2.21. The van der Waals surface area contributed by atoms with Crippen LogP contribution in [-0.2, 0) is 9.47 Å². The fourth-order valence-corrected chi connectivity index (χ4v) is 2.87. The molecule has 1 aliphatic carbocycles. The van der Waals surface area contributed by atoms with Crippen LogP contribution >= 0.6 is 0 Å². The Bertz CT molecular complexity index is 322. The summed E-state index contributed by atoms with van der Waals surface area (Å²) in [4.78, 5) is 0. The summed E-state index contributed by atoms with van der Waals surface area (Å²) in [5.41, 5.74) is 1.71. The molecule has 0 aromatic carbocycles. The summed E-state index contributed by atoms with van der Waals surface area (Å²) in [6.45, 7) is 10.4. The van der Waals surface area contributed by atoms with Crippen molar-refractivity contribution in [2.45, 2.75) is 65.0 Å². The zero-order chi connectivity index (χ0) is 12.5. The molecule has 0 spiro atoms. The van der Waals surface area contributed by atoms with Gasteiger partial charge >= 0.3 is 0 Å². The smallest absolute Gasteiger partial charge is 0.196 e. The molecule has 17 heavy (non-hydrogen) atoms. The third-order valence-electron chi connectivity index (χ3n) is 3.76. The summed E-state index contributed by atoms with van der Waals surface area (Å²) in [6.07, 6.45) is 9.49. The molecule has 0 unspecified atom stereocenters. The molecule has 0 atom stereocenters. The van der Waals surface area contributed by atoms with Crippen molar-refractivity contribution >= 4 is 0 Å². The van der Waals surface area contributed by atoms with Crippen LogP contribution in [0.15, 0.2) is 24.3 Å². The largest absolute Gasteiger partial charge is 0.317 e. The van der Waals surface area contributed by atoms with Crippen LogP contribution in [0.3, 0.4) is 0 Å². The number of rotatable bonds is 4. The first kappa shape index (κ1) is 12.8. The van der Waals surface area contributed by atoms with Gasteiger partial charge in [-0.2, -0.15) is 0 Å². The fraction of sp³-hybridized carbons (Fsp3) is 0.733. The fourth-order valence-electron chi connectivity index (χ4n) is 2.87. The molecule has 0 amide bonds. The topological polar surface area (TPSA) is 18.5 Å². The highest BCUT2D eigenvalue weighted by atomic mass is 16.9. The van der Waals surface area contributed by atoms with E-state index in [2.05, 4.69) is 26.5 Å². The van der Waals surface area contributed by atoms with Gasteiger partial charge in [0.15, 0.2) is 12.1 Å². The number of ether oxygens (including phenoxy) is 2. The van der Waals surface area contributed by atoms with Gasteiger partial charge in [0.25, 0.3) is 0 Å². The van der Waals surface area contributed by atoms with Crippen molar-refractivity contribution in [2.24, 2.45) is 5.41 Å². The third kappa shape index (κ3) is 2.63. The maximum absolute atomic E-state index is 5.92. The summed E-state index contributed by atoms with van der Waals surface area (Å²) in [5.74, 6) is -0.439. The van der Waals surface area contributed by atoms with E-state index in [1.165, 1.54) is 12.0 Å². The molecule has 0 aromatic heterocycles. The Hall–Kier alpha value is -0.600. The highest BCUT2D eigenvalue weighted by Gasteiger charge is 2.48. The summed E-state index contributed by atoms with van der Waals surface area (Å²) in [5, 5.41) is 0. The van der Waals surface area contributed by atoms with E-state index in [-0.39, 0.29) is 6.29 Å². The molecular formula is C15H24O2. The zero-order valence-electron chi connectivity index (χ0n) is 11.3. The molecule has 2 aliphatic rings. The first-order valence-corrected chi connectivity index (χ1v) is 6.63. The molecule has 0 radical (unpaired) electrons. The molecule has 0 N–H and O–H groups in total. The maximum Gasteiger partial charge on any atom is 0.196 e. The molecule has 1 aliphatic heterocycles. The van der Waals surface area contributed by atoms with Crippen LogP contribution in [0.5, 0.6) is 0 Å². The van der Waals surface area contributed by atoms with Gasteiger partial charge in [0.05, 0.1) is 0 Å². The monoisotopic (exact) mass is 236 g/mol. The lowest BCUT2D eigenvalue weighted by atomic mass is 9.74. The summed E-state index contributed by atoms with van der Waals surface area (Å²) >= 11 is 0. The highest BCUT2D eigenvalue weighted by Crippen LogP contribution is 2.47. The van der Waals surface area contributed by atoms with Crippen molar-refractivity contribution in [1.82, 2.24) is 0 Å². The standard InChI is InChI=1S/C15H24O2/c1-5-6-10-15(16-12(2)17-15)13-8-7-9-14(3,4)11-13/h5,8,12H,1,6-7,9-11H2,2-4H3. The third-order valence-corrected chi connectivity index (χ3v) is 3.76. The van der Waals surface area contributed by atoms with E-state index in [0.717, 1.165) is 25.7 Å². The van der Waals surface area contributed by atoms with Crippen molar-refractivity contribution in [3.8, 4) is 0 Å². The van der Waals surface area contributed by atoms with Crippen molar-refractivity contribution < 1.29 is 9.47 Å². The van der Waals surface area contributed by atoms with Crippen LogP contribution in [0, 0.1) is 5.41 Å². The van der Waals surface area contributed by atoms with Gasteiger partial charge in [0, 0.05) is 6.42 Å². The quantitative estimate of drug-likeness (QED) is 0.682. The number of hydrogen-bond donors (Lipinski definition) is 0. The van der Waals surface area contributed by atoms with Gasteiger partial charge in [-0.25, -0.2) is 0 Å². The average molecular weight is 236 g/mol.